The van der Waals surface area contributed by atoms with Crippen molar-refractivity contribution in [1.82, 2.24) is 15.1 Å². The predicted molar refractivity (Wildman–Crippen MR) is 86.1 cm³/mol. The number of aromatic nitrogens is 2. The van der Waals surface area contributed by atoms with E-state index in [0.717, 1.165) is 18.0 Å². The standard InChI is InChI=1S/C15H23N3OS/c1-4-18-14-8-6-5-7-12(14)13(17-18)9-16-10-15(2,19)11-20-3/h5-8,16,19H,4,9-11H2,1-3H3. The number of hydrogen-bond donors (Lipinski definition) is 2. The fraction of sp³-hybridized carbons (Fsp3) is 0.533. The summed E-state index contributed by atoms with van der Waals surface area (Å²) in [6.45, 7) is 6.07. The molecule has 0 bridgehead atoms. The Hall–Kier alpha value is -1.04. The lowest BCUT2D eigenvalue weighted by molar-refractivity contribution is 0.0845. The van der Waals surface area contributed by atoms with Gasteiger partial charge in [0.2, 0.25) is 0 Å². The fourth-order valence-corrected chi connectivity index (χ4v) is 3.10. The van der Waals surface area contributed by atoms with E-state index in [1.54, 1.807) is 11.8 Å². The Kier molecular flexibility index (Phi) is 5.07. The minimum Gasteiger partial charge on any atom is -0.388 e. The summed E-state index contributed by atoms with van der Waals surface area (Å²) in [5, 5.41) is 19.3. The van der Waals surface area contributed by atoms with Crippen LogP contribution in [0.15, 0.2) is 24.3 Å². The van der Waals surface area contributed by atoms with Gasteiger partial charge in [-0.1, -0.05) is 18.2 Å². The summed E-state index contributed by atoms with van der Waals surface area (Å²) in [6.07, 6.45) is 2.00. The van der Waals surface area contributed by atoms with E-state index in [2.05, 4.69) is 29.5 Å². The second-order valence-electron chi connectivity index (χ2n) is 5.31. The van der Waals surface area contributed by atoms with E-state index in [0.29, 0.717) is 13.1 Å². The van der Waals surface area contributed by atoms with Crippen molar-refractivity contribution >= 4 is 22.7 Å². The molecule has 5 heteroatoms. The van der Waals surface area contributed by atoms with Gasteiger partial charge in [0.15, 0.2) is 0 Å². The van der Waals surface area contributed by atoms with Gasteiger partial charge in [-0.3, -0.25) is 4.68 Å². The predicted octanol–water partition coefficient (Wildman–Crippen LogP) is 2.26. The van der Waals surface area contributed by atoms with Crippen molar-refractivity contribution in [2.75, 3.05) is 18.6 Å². The van der Waals surface area contributed by atoms with Gasteiger partial charge in [0.1, 0.15) is 0 Å². The van der Waals surface area contributed by atoms with Gasteiger partial charge in [-0.25, -0.2) is 0 Å². The van der Waals surface area contributed by atoms with Gasteiger partial charge in [0, 0.05) is 30.8 Å². The van der Waals surface area contributed by atoms with Crippen LogP contribution in [0.4, 0.5) is 0 Å². The Balaban J connectivity index is 2.07. The van der Waals surface area contributed by atoms with Crippen molar-refractivity contribution in [2.45, 2.75) is 32.5 Å². The first kappa shape index (κ1) is 15.4. The van der Waals surface area contributed by atoms with Gasteiger partial charge in [-0.15, -0.1) is 0 Å². The zero-order chi connectivity index (χ0) is 14.6. The van der Waals surface area contributed by atoms with Gasteiger partial charge in [-0.05, 0) is 26.2 Å². The topological polar surface area (TPSA) is 50.1 Å². The van der Waals surface area contributed by atoms with Crippen molar-refractivity contribution < 1.29 is 5.11 Å². The Bertz CT molecular complexity index is 565. The van der Waals surface area contributed by atoms with Crippen LogP contribution in [-0.2, 0) is 13.1 Å². The first-order valence-corrected chi connectivity index (χ1v) is 8.33. The third-order valence-electron chi connectivity index (χ3n) is 3.29. The molecule has 1 atom stereocenters. The molecule has 1 unspecified atom stereocenters. The Morgan fingerprint density at radius 1 is 1.40 bits per heavy atom. The summed E-state index contributed by atoms with van der Waals surface area (Å²) in [7, 11) is 0. The van der Waals surface area contributed by atoms with Crippen LogP contribution in [0.1, 0.15) is 19.5 Å². The van der Waals surface area contributed by atoms with Crippen LogP contribution in [0.5, 0.6) is 0 Å². The molecule has 0 aliphatic heterocycles. The average molecular weight is 293 g/mol. The second kappa shape index (κ2) is 6.61. The zero-order valence-electron chi connectivity index (χ0n) is 12.4. The SMILES string of the molecule is CCn1nc(CNCC(C)(O)CSC)c2ccccc21. The van der Waals surface area contributed by atoms with Crippen LogP contribution in [-0.4, -0.2) is 39.0 Å². The molecule has 1 aromatic carbocycles. The molecule has 110 valence electrons. The number of benzene rings is 1. The number of nitrogens with zero attached hydrogens (tertiary/aromatic N) is 2. The summed E-state index contributed by atoms with van der Waals surface area (Å²) in [6, 6.07) is 8.28. The molecular formula is C15H23N3OS. The molecule has 0 aliphatic rings. The molecule has 0 spiro atoms. The van der Waals surface area contributed by atoms with E-state index in [9.17, 15) is 5.11 Å². The molecule has 2 aromatic rings. The van der Waals surface area contributed by atoms with Crippen LogP contribution >= 0.6 is 11.8 Å². The van der Waals surface area contributed by atoms with Gasteiger partial charge in [-0.2, -0.15) is 16.9 Å². The van der Waals surface area contributed by atoms with Crippen LogP contribution in [0.3, 0.4) is 0 Å². The Morgan fingerprint density at radius 3 is 2.85 bits per heavy atom. The highest BCUT2D eigenvalue weighted by Crippen LogP contribution is 2.18. The zero-order valence-corrected chi connectivity index (χ0v) is 13.2. The molecule has 2 N–H and O–H groups in total. The summed E-state index contributed by atoms with van der Waals surface area (Å²) in [5.41, 5.74) is 1.53. The highest BCUT2D eigenvalue weighted by atomic mass is 32.2. The molecule has 4 nitrogen and oxygen atoms in total. The quantitative estimate of drug-likeness (QED) is 0.822. The maximum atomic E-state index is 10.1. The van der Waals surface area contributed by atoms with Gasteiger partial charge < -0.3 is 10.4 Å². The molecule has 1 aromatic heterocycles. The van der Waals surface area contributed by atoms with Gasteiger partial charge in [0.05, 0.1) is 16.8 Å². The number of fused-ring (bicyclic) bond motifs is 1. The molecule has 20 heavy (non-hydrogen) atoms. The number of para-hydroxylation sites is 1. The highest BCUT2D eigenvalue weighted by Gasteiger charge is 2.19. The maximum absolute atomic E-state index is 10.1. The number of aryl methyl sites for hydroxylation is 1. The van der Waals surface area contributed by atoms with E-state index < -0.39 is 5.60 Å². The third-order valence-corrected chi connectivity index (χ3v) is 4.20. The molecule has 0 saturated carbocycles. The molecular weight excluding hydrogens is 270 g/mol. The lowest BCUT2D eigenvalue weighted by atomic mass is 10.1. The van der Waals surface area contributed by atoms with Crippen LogP contribution in [0.25, 0.3) is 10.9 Å². The Morgan fingerprint density at radius 2 is 2.15 bits per heavy atom. The first-order valence-electron chi connectivity index (χ1n) is 6.94. The van der Waals surface area contributed by atoms with Gasteiger partial charge in [0.25, 0.3) is 0 Å². The molecule has 0 radical (unpaired) electrons. The number of hydrogen-bond acceptors (Lipinski definition) is 4. The van der Waals surface area contributed by atoms with Crippen LogP contribution in [0, 0.1) is 0 Å². The van der Waals surface area contributed by atoms with E-state index in [4.69, 9.17) is 0 Å². The van der Waals surface area contributed by atoms with Crippen LogP contribution in [0.2, 0.25) is 0 Å². The number of aliphatic hydroxyl groups is 1. The van der Waals surface area contributed by atoms with E-state index >= 15 is 0 Å². The second-order valence-corrected chi connectivity index (χ2v) is 6.18. The lowest BCUT2D eigenvalue weighted by Gasteiger charge is -2.22. The maximum Gasteiger partial charge on any atom is 0.0841 e. The van der Waals surface area contributed by atoms with Crippen molar-refractivity contribution in [1.29, 1.82) is 0 Å². The van der Waals surface area contributed by atoms with Crippen molar-refractivity contribution in [3.05, 3.63) is 30.0 Å². The monoisotopic (exact) mass is 293 g/mol. The fourth-order valence-electron chi connectivity index (χ4n) is 2.38. The molecule has 0 saturated heterocycles. The van der Waals surface area contributed by atoms with E-state index in [-0.39, 0.29) is 0 Å². The van der Waals surface area contributed by atoms with Crippen molar-refractivity contribution in [3.63, 3.8) is 0 Å². The minimum atomic E-state index is -0.678. The molecule has 2 rings (SSSR count). The number of thioether (sulfide) groups is 1. The number of nitrogens with one attached hydrogen (secondary N) is 1. The summed E-state index contributed by atoms with van der Waals surface area (Å²) in [4.78, 5) is 0. The summed E-state index contributed by atoms with van der Waals surface area (Å²) < 4.78 is 2.02. The highest BCUT2D eigenvalue weighted by molar-refractivity contribution is 7.98. The number of rotatable bonds is 7. The van der Waals surface area contributed by atoms with E-state index in [1.165, 1.54) is 10.9 Å². The average Bonchev–Trinajstić information content (AvgIpc) is 2.77. The summed E-state index contributed by atoms with van der Waals surface area (Å²) in [5.74, 6) is 0.726. The normalized spacial score (nSPS) is 14.6. The largest absolute Gasteiger partial charge is 0.388 e. The van der Waals surface area contributed by atoms with Crippen molar-refractivity contribution in [3.8, 4) is 0 Å². The van der Waals surface area contributed by atoms with Gasteiger partial charge >= 0.3 is 0 Å². The first-order chi connectivity index (χ1) is 9.57. The lowest BCUT2D eigenvalue weighted by Crippen LogP contribution is -2.39. The molecule has 1 heterocycles. The molecule has 0 aliphatic carbocycles. The van der Waals surface area contributed by atoms with Crippen molar-refractivity contribution in [2.24, 2.45) is 0 Å². The molecule has 0 amide bonds. The third kappa shape index (κ3) is 3.53. The van der Waals surface area contributed by atoms with E-state index in [1.807, 2.05) is 30.0 Å². The Labute approximate surface area is 124 Å². The summed E-state index contributed by atoms with van der Waals surface area (Å²) >= 11 is 1.66. The smallest absolute Gasteiger partial charge is 0.0841 e. The minimum absolute atomic E-state index is 0.571. The van der Waals surface area contributed by atoms with Crippen LogP contribution < -0.4 is 5.32 Å². The molecule has 0 fully saturated rings.